The molecule has 0 radical (unpaired) electrons. The van der Waals surface area contributed by atoms with Gasteiger partial charge >= 0.3 is 5.97 Å². The van der Waals surface area contributed by atoms with E-state index in [1.54, 1.807) is 0 Å². The van der Waals surface area contributed by atoms with E-state index in [1.807, 2.05) is 0 Å². The Labute approximate surface area is 105 Å². The average Bonchev–Trinajstić information content (AvgIpc) is 2.28. The smallest absolute Gasteiger partial charge is 0.303 e. The number of hydrogen-bond acceptors (Lipinski definition) is 3. The van der Waals surface area contributed by atoms with Crippen molar-refractivity contribution in [2.24, 2.45) is 0 Å². The first-order chi connectivity index (χ1) is 8.33. The summed E-state index contributed by atoms with van der Waals surface area (Å²) in [6, 6.07) is 5.03. The Balaban J connectivity index is 2.72. The molecule has 7 heteroatoms. The van der Waals surface area contributed by atoms with Gasteiger partial charge in [0.05, 0.1) is 11.4 Å². The Morgan fingerprint density at radius 3 is 2.39 bits per heavy atom. The molecule has 0 saturated heterocycles. The number of carboxylic acid groups (broad SMARTS) is 1. The highest BCUT2D eigenvalue weighted by molar-refractivity contribution is 7.92. The van der Waals surface area contributed by atoms with E-state index in [1.165, 1.54) is 31.3 Å². The second kappa shape index (κ2) is 5.81. The lowest BCUT2D eigenvalue weighted by molar-refractivity contribution is -0.137. The van der Waals surface area contributed by atoms with Crippen LogP contribution in [0.25, 0.3) is 0 Å². The fraction of sp³-hybridized carbons (Fsp3) is 0.364. The molecule has 1 aromatic carbocycles. The van der Waals surface area contributed by atoms with E-state index in [0.29, 0.717) is 5.69 Å². The normalized spacial score (nSPS) is 11.2. The summed E-state index contributed by atoms with van der Waals surface area (Å²) in [5, 5.41) is 8.45. The van der Waals surface area contributed by atoms with E-state index < -0.39 is 21.8 Å². The molecule has 0 aliphatic carbocycles. The van der Waals surface area contributed by atoms with Crippen LogP contribution in [0.15, 0.2) is 24.3 Å². The van der Waals surface area contributed by atoms with Gasteiger partial charge in [-0.3, -0.25) is 9.10 Å². The number of benzene rings is 1. The average molecular weight is 275 g/mol. The molecular weight excluding hydrogens is 261 g/mol. The number of anilines is 1. The summed E-state index contributed by atoms with van der Waals surface area (Å²) in [7, 11) is -2.22. The zero-order valence-corrected chi connectivity index (χ0v) is 10.7. The predicted octanol–water partition coefficient (Wildman–Crippen LogP) is 1.46. The maximum Gasteiger partial charge on any atom is 0.303 e. The van der Waals surface area contributed by atoms with Crippen LogP contribution in [-0.2, 0) is 14.8 Å². The van der Waals surface area contributed by atoms with Crippen LogP contribution >= 0.6 is 0 Å². The molecule has 18 heavy (non-hydrogen) atoms. The number of halogens is 1. The quantitative estimate of drug-likeness (QED) is 0.852. The lowest BCUT2D eigenvalue weighted by atomic mass is 10.3. The lowest BCUT2D eigenvalue weighted by Gasteiger charge is -2.19. The van der Waals surface area contributed by atoms with Gasteiger partial charge in [-0.05, 0) is 30.7 Å². The molecule has 1 rings (SSSR count). The third-order valence-corrected chi connectivity index (χ3v) is 4.25. The van der Waals surface area contributed by atoms with E-state index >= 15 is 0 Å². The molecule has 1 aromatic rings. The van der Waals surface area contributed by atoms with Crippen molar-refractivity contribution in [2.45, 2.75) is 12.8 Å². The fourth-order valence-corrected chi connectivity index (χ4v) is 2.58. The Morgan fingerprint density at radius 1 is 1.33 bits per heavy atom. The molecule has 0 heterocycles. The van der Waals surface area contributed by atoms with Gasteiger partial charge in [-0.1, -0.05) is 0 Å². The maximum atomic E-state index is 12.7. The van der Waals surface area contributed by atoms with Crippen LogP contribution in [0.2, 0.25) is 0 Å². The van der Waals surface area contributed by atoms with Gasteiger partial charge in [-0.25, -0.2) is 12.8 Å². The topological polar surface area (TPSA) is 74.7 Å². The van der Waals surface area contributed by atoms with Gasteiger partial charge in [0.2, 0.25) is 10.0 Å². The summed E-state index contributed by atoms with van der Waals surface area (Å²) in [4.78, 5) is 10.3. The van der Waals surface area contributed by atoms with E-state index in [2.05, 4.69) is 0 Å². The minimum atomic E-state index is -3.57. The first kappa shape index (κ1) is 14.4. The molecule has 0 aliphatic heterocycles. The van der Waals surface area contributed by atoms with E-state index in [-0.39, 0.29) is 18.6 Å². The van der Waals surface area contributed by atoms with Crippen molar-refractivity contribution in [3.63, 3.8) is 0 Å². The number of rotatable bonds is 6. The van der Waals surface area contributed by atoms with Gasteiger partial charge in [-0.2, -0.15) is 0 Å². The minimum absolute atomic E-state index is 0.0448. The molecule has 0 unspecified atom stereocenters. The van der Waals surface area contributed by atoms with Crippen LogP contribution in [0.5, 0.6) is 0 Å². The van der Waals surface area contributed by atoms with Crippen molar-refractivity contribution in [2.75, 3.05) is 17.1 Å². The SMILES string of the molecule is CN(c1ccc(F)cc1)S(=O)(=O)CCCC(=O)O. The van der Waals surface area contributed by atoms with Crippen LogP contribution in [0.3, 0.4) is 0 Å². The van der Waals surface area contributed by atoms with Gasteiger partial charge in [0, 0.05) is 13.5 Å². The van der Waals surface area contributed by atoms with Gasteiger partial charge < -0.3 is 5.11 Å². The van der Waals surface area contributed by atoms with Crippen LogP contribution < -0.4 is 4.31 Å². The third kappa shape index (κ3) is 3.99. The fourth-order valence-electron chi connectivity index (χ4n) is 1.35. The zero-order chi connectivity index (χ0) is 13.8. The van der Waals surface area contributed by atoms with Crippen molar-refractivity contribution in [3.05, 3.63) is 30.1 Å². The minimum Gasteiger partial charge on any atom is -0.481 e. The largest absolute Gasteiger partial charge is 0.481 e. The zero-order valence-electron chi connectivity index (χ0n) is 9.84. The molecular formula is C11H14FNO4S. The number of carbonyl (C=O) groups is 1. The molecule has 100 valence electrons. The third-order valence-electron chi connectivity index (χ3n) is 2.40. The van der Waals surface area contributed by atoms with Crippen LogP contribution in [0.1, 0.15) is 12.8 Å². The molecule has 0 spiro atoms. The molecule has 0 aromatic heterocycles. The number of carboxylic acids is 1. The van der Waals surface area contributed by atoms with E-state index in [0.717, 1.165) is 4.31 Å². The van der Waals surface area contributed by atoms with E-state index in [9.17, 15) is 17.6 Å². The molecule has 5 nitrogen and oxygen atoms in total. The Morgan fingerprint density at radius 2 is 1.89 bits per heavy atom. The summed E-state index contributed by atoms with van der Waals surface area (Å²) in [6.07, 6.45) is -0.153. The van der Waals surface area contributed by atoms with Crippen molar-refractivity contribution in [3.8, 4) is 0 Å². The lowest BCUT2D eigenvalue weighted by Crippen LogP contribution is -2.29. The maximum absolute atomic E-state index is 12.7. The van der Waals surface area contributed by atoms with Crippen LogP contribution in [0.4, 0.5) is 10.1 Å². The second-order valence-electron chi connectivity index (χ2n) is 3.76. The van der Waals surface area contributed by atoms with Crippen LogP contribution in [0, 0.1) is 5.82 Å². The molecule has 1 N–H and O–H groups in total. The van der Waals surface area contributed by atoms with Gasteiger partial charge in [0.1, 0.15) is 5.82 Å². The summed E-state index contributed by atoms with van der Waals surface area (Å²) in [6.45, 7) is 0. The number of sulfonamides is 1. The highest BCUT2D eigenvalue weighted by Gasteiger charge is 2.18. The molecule has 0 bridgehead atoms. The Bertz CT molecular complexity index is 512. The standard InChI is InChI=1S/C11H14FNO4S/c1-13(10-6-4-9(12)5-7-10)18(16,17)8-2-3-11(14)15/h4-7H,2-3,8H2,1H3,(H,14,15). The van der Waals surface area contributed by atoms with Crippen molar-refractivity contribution < 1.29 is 22.7 Å². The predicted molar refractivity (Wildman–Crippen MR) is 65.5 cm³/mol. The first-order valence-electron chi connectivity index (χ1n) is 5.27. The van der Waals surface area contributed by atoms with Crippen molar-refractivity contribution in [1.82, 2.24) is 0 Å². The molecule has 0 atom stereocenters. The summed E-state index contributed by atoms with van der Waals surface area (Å²) >= 11 is 0. The van der Waals surface area contributed by atoms with Crippen LogP contribution in [-0.4, -0.2) is 32.3 Å². The van der Waals surface area contributed by atoms with Crippen molar-refractivity contribution in [1.29, 1.82) is 0 Å². The van der Waals surface area contributed by atoms with E-state index in [4.69, 9.17) is 5.11 Å². The van der Waals surface area contributed by atoms with Gasteiger partial charge in [0.25, 0.3) is 0 Å². The molecule has 0 amide bonds. The van der Waals surface area contributed by atoms with Gasteiger partial charge in [0.15, 0.2) is 0 Å². The summed E-state index contributed by atoms with van der Waals surface area (Å²) < 4.78 is 37.4. The second-order valence-corrected chi connectivity index (χ2v) is 5.88. The highest BCUT2D eigenvalue weighted by Crippen LogP contribution is 2.17. The Kier molecular flexibility index (Phi) is 4.66. The number of aliphatic carboxylic acids is 1. The molecule has 0 fully saturated rings. The summed E-state index contributed by atoms with van der Waals surface area (Å²) in [5.74, 6) is -1.74. The number of nitrogens with zero attached hydrogens (tertiary/aromatic N) is 1. The highest BCUT2D eigenvalue weighted by atomic mass is 32.2. The molecule has 0 saturated carbocycles. The van der Waals surface area contributed by atoms with Gasteiger partial charge in [-0.15, -0.1) is 0 Å². The monoisotopic (exact) mass is 275 g/mol. The Hall–Kier alpha value is -1.63. The molecule has 0 aliphatic rings. The first-order valence-corrected chi connectivity index (χ1v) is 6.88. The number of hydrogen-bond donors (Lipinski definition) is 1. The summed E-state index contributed by atoms with van der Waals surface area (Å²) in [5.41, 5.74) is 0.340. The van der Waals surface area contributed by atoms with Crippen molar-refractivity contribution >= 4 is 21.7 Å².